The van der Waals surface area contributed by atoms with Crippen LogP contribution in [0.1, 0.15) is 91.7 Å². The summed E-state index contributed by atoms with van der Waals surface area (Å²) in [6.07, 6.45) is 0. The van der Waals surface area contributed by atoms with Crippen LogP contribution < -0.4 is 21.3 Å². The average molecular weight is 1950 g/mol. The number of furan rings is 2. The van der Waals surface area contributed by atoms with Crippen LogP contribution in [0.5, 0.6) is 0 Å². The summed E-state index contributed by atoms with van der Waals surface area (Å²) in [5.74, 6) is 0. The zero-order valence-corrected chi connectivity index (χ0v) is 83.6. The van der Waals surface area contributed by atoms with E-state index < -0.39 is 5.41 Å². The number of fused-ring (bicyclic) bond motifs is 47. The van der Waals surface area contributed by atoms with Gasteiger partial charge in [0.1, 0.15) is 22.3 Å². The summed E-state index contributed by atoms with van der Waals surface area (Å²) in [5, 5.41) is 27.8. The second-order valence-electron chi connectivity index (χ2n) is 41.1. The van der Waals surface area contributed by atoms with Gasteiger partial charge in [-0.15, -0.1) is 22.7 Å². The number of anilines is 8. The zero-order valence-electron chi connectivity index (χ0n) is 82.0. The van der Waals surface area contributed by atoms with E-state index in [1.165, 1.54) is 213 Å². The van der Waals surface area contributed by atoms with Crippen molar-refractivity contribution in [2.24, 2.45) is 0 Å². The Labute approximate surface area is 875 Å². The minimum absolute atomic E-state index is 0.0513. The molecule has 3 spiro atoms. The Kier molecular flexibility index (Phi) is 18.9. The standard InChI is InChI=1S/2C37H23NO.C37H23NS.C31H23NS/c1-5-16-28-23(11-1)24-12-2-6-17-29(24)37(28)30-18-7-3-13-25(30)26-15-9-20-32(36(26)37)38-31-19-10-22-34-35(31)27-14-4-8-21-33(27)39-34;1-5-14-29-24(10-1)25-11-2-6-15-30(25)37(29)31-16-7-3-12-26(31)27-21-20-23(22-32(27)37)38-33-17-9-19-35-36(33)28-13-4-8-18-34(28)39-35;1-5-15-27-23(11-1)24-12-2-6-16-28(24)37(27)29-17-7-3-13-25(29)35-30(37)18-9-19-31(35)38-32-20-10-22-34-36(32)26-14-4-8-21-33(26)39-34;1-31(2)25-18-20(15-17-22(25)23-16-14-19-8-3-4-9-21(19)30(23)31)32-26-11-7-13-28-29(26)24-10-5-6-12-27(24)33-28/h3*1-22,38H;3-18,32H,1-2H3. The van der Waals surface area contributed by atoms with Crippen LogP contribution in [0.3, 0.4) is 0 Å². The molecule has 23 aromatic carbocycles. The van der Waals surface area contributed by atoms with Crippen LogP contribution in [0.15, 0.2) is 506 Å². The first-order valence-electron chi connectivity index (χ1n) is 51.8. The predicted octanol–water partition coefficient (Wildman–Crippen LogP) is 38.7. The van der Waals surface area contributed by atoms with Gasteiger partial charge in [0.15, 0.2) is 0 Å². The van der Waals surface area contributed by atoms with Crippen LogP contribution >= 0.6 is 22.7 Å². The van der Waals surface area contributed by atoms with Gasteiger partial charge in [-0.05, 0) is 265 Å². The van der Waals surface area contributed by atoms with Gasteiger partial charge in [0.2, 0.25) is 0 Å². The van der Waals surface area contributed by atoms with Crippen LogP contribution in [0.2, 0.25) is 0 Å². The number of nitrogens with one attached hydrogen (secondary N) is 4. The molecule has 0 aliphatic heterocycles. The van der Waals surface area contributed by atoms with E-state index in [1.54, 1.807) is 0 Å². The summed E-state index contributed by atoms with van der Waals surface area (Å²) in [4.78, 5) is 0. The molecule has 0 amide bonds. The largest absolute Gasteiger partial charge is 0.456 e. The quantitative estimate of drug-likeness (QED) is 0.121. The lowest BCUT2D eigenvalue weighted by Crippen LogP contribution is -2.26. The summed E-state index contributed by atoms with van der Waals surface area (Å²) >= 11 is 3.72. The molecule has 34 rings (SSSR count). The fourth-order valence-electron chi connectivity index (χ4n) is 27.5. The maximum absolute atomic E-state index is 6.22. The Bertz CT molecular complexity index is 10100. The molecule has 0 bridgehead atoms. The predicted molar refractivity (Wildman–Crippen MR) is 629 cm³/mol. The van der Waals surface area contributed by atoms with Crippen molar-refractivity contribution in [3.8, 4) is 77.9 Å². The second kappa shape index (κ2) is 33.0. The Balaban J connectivity index is 0.0000000902. The first-order valence-corrected chi connectivity index (χ1v) is 53.4. The van der Waals surface area contributed by atoms with E-state index in [2.05, 4.69) is 502 Å². The molecular weight excluding hydrogens is 1860 g/mol. The van der Waals surface area contributed by atoms with Gasteiger partial charge in [0.25, 0.3) is 0 Å². The van der Waals surface area contributed by atoms with Gasteiger partial charge in [-0.1, -0.05) is 402 Å². The van der Waals surface area contributed by atoms with Gasteiger partial charge in [0, 0.05) is 102 Å². The van der Waals surface area contributed by atoms with Gasteiger partial charge in [-0.2, -0.15) is 0 Å². The number of rotatable bonds is 8. The average Bonchev–Trinajstić information content (AvgIpc) is 1.51. The van der Waals surface area contributed by atoms with Crippen molar-refractivity contribution in [1.29, 1.82) is 0 Å². The van der Waals surface area contributed by atoms with Gasteiger partial charge in [-0.3, -0.25) is 0 Å². The summed E-state index contributed by atoms with van der Waals surface area (Å²) in [6.45, 7) is 4.72. The van der Waals surface area contributed by atoms with Crippen molar-refractivity contribution in [3.63, 3.8) is 0 Å². The van der Waals surface area contributed by atoms with Gasteiger partial charge in [-0.25, -0.2) is 0 Å². The van der Waals surface area contributed by atoms with Crippen LogP contribution in [0.25, 0.3) is 173 Å². The fraction of sp³-hybridized carbons (Fsp3) is 0.0423. The molecule has 6 nitrogen and oxygen atoms in total. The van der Waals surface area contributed by atoms with E-state index in [-0.39, 0.29) is 16.2 Å². The number of benzene rings is 23. The van der Waals surface area contributed by atoms with E-state index in [1.807, 2.05) is 53.0 Å². The minimum atomic E-state index is -0.394. The van der Waals surface area contributed by atoms with Crippen molar-refractivity contribution in [3.05, 3.63) is 575 Å². The molecule has 0 saturated heterocycles. The first kappa shape index (κ1) is 85.9. The molecule has 7 aliphatic carbocycles. The Morgan fingerprint density at radius 3 is 0.967 bits per heavy atom. The third kappa shape index (κ3) is 12.2. The maximum atomic E-state index is 6.22. The smallest absolute Gasteiger partial charge is 0.137 e. The van der Waals surface area contributed by atoms with Gasteiger partial charge in [0.05, 0.1) is 38.4 Å². The van der Waals surface area contributed by atoms with E-state index >= 15 is 0 Å². The summed E-state index contributed by atoms with van der Waals surface area (Å²) < 4.78 is 17.7. The lowest BCUT2D eigenvalue weighted by molar-refractivity contribution is 0.666. The highest BCUT2D eigenvalue weighted by Crippen LogP contribution is 2.69. The molecule has 4 aromatic heterocycles. The molecule has 0 saturated carbocycles. The van der Waals surface area contributed by atoms with E-state index in [0.717, 1.165) is 83.7 Å². The molecule has 0 unspecified atom stereocenters. The maximum Gasteiger partial charge on any atom is 0.137 e. The summed E-state index contributed by atoms with van der Waals surface area (Å²) in [6, 6.07) is 181. The summed E-state index contributed by atoms with van der Waals surface area (Å²) in [7, 11) is 0. The van der Waals surface area contributed by atoms with Crippen molar-refractivity contribution in [2.45, 2.75) is 35.5 Å². The normalized spacial score (nSPS) is 13.9. The first-order chi connectivity index (χ1) is 74.2. The van der Waals surface area contributed by atoms with Crippen LogP contribution in [-0.4, -0.2) is 0 Å². The van der Waals surface area contributed by atoms with Gasteiger partial charge >= 0.3 is 0 Å². The number of hydrogen-bond donors (Lipinski definition) is 4. The van der Waals surface area contributed by atoms with Crippen molar-refractivity contribution < 1.29 is 8.83 Å². The highest BCUT2D eigenvalue weighted by atomic mass is 32.1. The molecule has 704 valence electrons. The van der Waals surface area contributed by atoms with E-state index in [0.29, 0.717) is 0 Å². The molecule has 0 radical (unpaired) electrons. The van der Waals surface area contributed by atoms with Crippen LogP contribution in [0, 0.1) is 0 Å². The highest BCUT2D eigenvalue weighted by Gasteiger charge is 2.56. The lowest BCUT2D eigenvalue weighted by Gasteiger charge is -2.32. The van der Waals surface area contributed by atoms with Crippen LogP contribution in [0.4, 0.5) is 45.5 Å². The van der Waals surface area contributed by atoms with Crippen LogP contribution in [-0.2, 0) is 21.7 Å². The fourth-order valence-corrected chi connectivity index (χ4v) is 29.7. The molecule has 27 aromatic rings. The van der Waals surface area contributed by atoms with Crippen molar-refractivity contribution in [2.75, 3.05) is 21.3 Å². The monoisotopic (exact) mass is 1950 g/mol. The number of thiophene rings is 2. The number of hydrogen-bond acceptors (Lipinski definition) is 8. The van der Waals surface area contributed by atoms with E-state index in [4.69, 9.17) is 8.83 Å². The molecular formula is C142H92N4O2S2. The lowest BCUT2D eigenvalue weighted by atomic mass is 9.70. The minimum Gasteiger partial charge on any atom is -0.456 e. The number of para-hydroxylation sites is 2. The molecule has 0 fully saturated rings. The third-order valence-corrected chi connectivity index (χ3v) is 35.5. The second-order valence-corrected chi connectivity index (χ2v) is 43.2. The summed E-state index contributed by atoms with van der Waals surface area (Å²) in [5.41, 5.74) is 48.9. The SMILES string of the molecule is CC1(C)c2cc(Nc3cccc4sc5ccccc5c34)ccc2-c2ccc3ccccc3c21.c1ccc2c(c1)-c1ccccc1C21c2ccccc2-c2c(Nc3cccc4sc5ccccc5c34)cccc21.c1ccc2c(c1)-c1ccccc1C21c2ccccc2-c2ccc(Nc3cccc4oc5ccccc5c34)cc21.c1ccc2c(c1)-c1ccccc1C21c2ccccc2-c2cccc(Nc3cccc4oc5ccccc5c34)c21. The highest BCUT2D eigenvalue weighted by molar-refractivity contribution is 7.26. The topological polar surface area (TPSA) is 74.4 Å². The zero-order chi connectivity index (χ0) is 98.8. The molecule has 8 heteroatoms. The molecule has 150 heavy (non-hydrogen) atoms. The molecule has 4 heterocycles. The molecule has 0 atom stereocenters. The Morgan fingerprint density at radius 2 is 0.473 bits per heavy atom. The molecule has 7 aliphatic rings. The van der Waals surface area contributed by atoms with Crippen molar-refractivity contribution in [1.82, 2.24) is 0 Å². The third-order valence-electron chi connectivity index (χ3n) is 33.3. The Hall–Kier alpha value is -18.4. The van der Waals surface area contributed by atoms with Gasteiger partial charge < -0.3 is 30.1 Å². The van der Waals surface area contributed by atoms with E-state index in [9.17, 15) is 0 Å². The van der Waals surface area contributed by atoms with Crippen molar-refractivity contribution >= 4 is 163 Å². The Morgan fingerprint density at radius 1 is 0.180 bits per heavy atom. The molecule has 4 N–H and O–H groups in total.